The van der Waals surface area contributed by atoms with Crippen LogP contribution in [0.15, 0.2) is 59.1 Å². The highest BCUT2D eigenvalue weighted by molar-refractivity contribution is 5.99. The van der Waals surface area contributed by atoms with Gasteiger partial charge in [0.05, 0.1) is 6.10 Å². The average molecular weight is 340 g/mol. The SMILES string of the molecule is NC(=O)c1c(-c2ccc(F)cc2)noc1CCC(O)c1ccccc1. The average Bonchev–Trinajstić information content (AvgIpc) is 3.05. The topological polar surface area (TPSA) is 89.4 Å². The number of carbonyl (C=O) groups is 1. The first-order chi connectivity index (χ1) is 12.1. The van der Waals surface area contributed by atoms with Crippen LogP contribution in [0.3, 0.4) is 0 Å². The van der Waals surface area contributed by atoms with Crippen LogP contribution in [0.4, 0.5) is 4.39 Å². The second kappa shape index (κ2) is 7.27. The Morgan fingerprint density at radius 1 is 1.16 bits per heavy atom. The first-order valence-corrected chi connectivity index (χ1v) is 7.83. The molecule has 3 rings (SSSR count). The highest BCUT2D eigenvalue weighted by atomic mass is 19.1. The van der Waals surface area contributed by atoms with Gasteiger partial charge in [0.15, 0.2) is 0 Å². The van der Waals surface area contributed by atoms with Crippen molar-refractivity contribution in [2.45, 2.75) is 18.9 Å². The van der Waals surface area contributed by atoms with E-state index in [-0.39, 0.29) is 17.1 Å². The highest BCUT2D eigenvalue weighted by Gasteiger charge is 2.22. The van der Waals surface area contributed by atoms with E-state index in [1.165, 1.54) is 24.3 Å². The first kappa shape index (κ1) is 16.9. The lowest BCUT2D eigenvalue weighted by Crippen LogP contribution is -2.14. The number of carbonyl (C=O) groups excluding carboxylic acids is 1. The van der Waals surface area contributed by atoms with Gasteiger partial charge in [-0.15, -0.1) is 0 Å². The van der Waals surface area contributed by atoms with E-state index in [0.29, 0.717) is 24.2 Å². The maximum Gasteiger partial charge on any atom is 0.254 e. The maximum atomic E-state index is 13.1. The summed E-state index contributed by atoms with van der Waals surface area (Å²) in [5, 5.41) is 14.2. The van der Waals surface area contributed by atoms with Crippen LogP contribution in [0.2, 0.25) is 0 Å². The Labute approximate surface area is 143 Å². The third-order valence-corrected chi connectivity index (χ3v) is 3.96. The molecule has 0 saturated carbocycles. The molecule has 0 fully saturated rings. The van der Waals surface area contributed by atoms with E-state index < -0.39 is 12.0 Å². The second-order valence-electron chi connectivity index (χ2n) is 5.67. The first-order valence-electron chi connectivity index (χ1n) is 7.83. The predicted molar refractivity (Wildman–Crippen MR) is 90.1 cm³/mol. The van der Waals surface area contributed by atoms with Crippen molar-refractivity contribution in [1.82, 2.24) is 5.16 Å². The summed E-state index contributed by atoms with van der Waals surface area (Å²) in [5.74, 6) is -0.759. The number of aromatic nitrogens is 1. The van der Waals surface area contributed by atoms with Gasteiger partial charge in [-0.3, -0.25) is 4.79 Å². The molecule has 1 aromatic heterocycles. The molecule has 128 valence electrons. The monoisotopic (exact) mass is 340 g/mol. The van der Waals surface area contributed by atoms with Crippen molar-refractivity contribution in [2.24, 2.45) is 5.73 Å². The number of nitrogens with two attached hydrogens (primary N) is 1. The number of amides is 1. The van der Waals surface area contributed by atoms with Crippen LogP contribution < -0.4 is 5.73 Å². The van der Waals surface area contributed by atoms with Gasteiger partial charge in [0, 0.05) is 12.0 Å². The van der Waals surface area contributed by atoms with Gasteiger partial charge in [-0.2, -0.15) is 0 Å². The van der Waals surface area contributed by atoms with E-state index in [1.807, 2.05) is 30.3 Å². The molecule has 25 heavy (non-hydrogen) atoms. The van der Waals surface area contributed by atoms with Crippen LogP contribution in [0, 0.1) is 5.82 Å². The predicted octanol–water partition coefficient (Wildman–Crippen LogP) is 3.25. The zero-order chi connectivity index (χ0) is 17.8. The Hall–Kier alpha value is -2.99. The van der Waals surface area contributed by atoms with E-state index in [4.69, 9.17) is 10.3 Å². The molecule has 0 saturated heterocycles. The lowest BCUT2D eigenvalue weighted by Gasteiger charge is -2.09. The number of rotatable bonds is 6. The van der Waals surface area contributed by atoms with Gasteiger partial charge in [-0.25, -0.2) is 4.39 Å². The number of nitrogens with zero attached hydrogens (tertiary/aromatic N) is 1. The minimum atomic E-state index is -0.693. The fourth-order valence-electron chi connectivity index (χ4n) is 2.66. The van der Waals surface area contributed by atoms with E-state index in [9.17, 15) is 14.3 Å². The summed E-state index contributed by atoms with van der Waals surface area (Å²) in [6, 6.07) is 14.7. The molecule has 0 aliphatic rings. The zero-order valence-corrected chi connectivity index (χ0v) is 13.4. The van der Waals surface area contributed by atoms with Crippen LogP contribution in [-0.2, 0) is 6.42 Å². The van der Waals surface area contributed by atoms with E-state index in [0.717, 1.165) is 5.56 Å². The molecule has 1 amide bonds. The third kappa shape index (κ3) is 3.75. The van der Waals surface area contributed by atoms with Gasteiger partial charge < -0.3 is 15.4 Å². The molecule has 0 radical (unpaired) electrons. The summed E-state index contributed by atoms with van der Waals surface area (Å²) >= 11 is 0. The number of aliphatic hydroxyl groups excluding tert-OH is 1. The number of hydrogen-bond acceptors (Lipinski definition) is 4. The molecule has 0 bridgehead atoms. The molecular weight excluding hydrogens is 323 g/mol. The maximum absolute atomic E-state index is 13.1. The Bertz CT molecular complexity index is 860. The van der Waals surface area contributed by atoms with Crippen LogP contribution in [-0.4, -0.2) is 16.2 Å². The van der Waals surface area contributed by atoms with Crippen molar-refractivity contribution in [3.05, 3.63) is 77.3 Å². The summed E-state index contributed by atoms with van der Waals surface area (Å²) in [7, 11) is 0. The number of aliphatic hydroxyl groups is 1. The number of hydrogen-bond donors (Lipinski definition) is 2. The molecule has 3 N–H and O–H groups in total. The largest absolute Gasteiger partial charge is 0.388 e. The van der Waals surface area contributed by atoms with Crippen molar-refractivity contribution in [1.29, 1.82) is 0 Å². The molecule has 1 atom stereocenters. The molecule has 1 unspecified atom stereocenters. The smallest absolute Gasteiger partial charge is 0.254 e. The van der Waals surface area contributed by atoms with Crippen LogP contribution in [0.1, 0.15) is 34.2 Å². The standard InChI is InChI=1S/C19H17FN2O3/c20-14-8-6-13(7-9-14)18-17(19(21)24)16(25-22-18)11-10-15(23)12-4-2-1-3-5-12/h1-9,15,23H,10-11H2,(H2,21,24). The highest BCUT2D eigenvalue weighted by Crippen LogP contribution is 2.28. The van der Waals surface area contributed by atoms with Crippen molar-refractivity contribution in [3.63, 3.8) is 0 Å². The summed E-state index contributed by atoms with van der Waals surface area (Å²) < 4.78 is 18.3. The molecule has 2 aromatic carbocycles. The lowest BCUT2D eigenvalue weighted by molar-refractivity contribution is 0.0997. The molecule has 0 spiro atoms. The Kier molecular flexibility index (Phi) is 4.90. The summed E-state index contributed by atoms with van der Waals surface area (Å²) in [5.41, 5.74) is 7.22. The van der Waals surface area contributed by atoms with Crippen molar-refractivity contribution < 1.29 is 18.8 Å². The molecule has 5 nitrogen and oxygen atoms in total. The quantitative estimate of drug-likeness (QED) is 0.721. The van der Waals surface area contributed by atoms with Gasteiger partial charge in [0.25, 0.3) is 5.91 Å². The Morgan fingerprint density at radius 3 is 2.48 bits per heavy atom. The number of primary amides is 1. The number of aryl methyl sites for hydroxylation is 1. The van der Waals surface area contributed by atoms with E-state index >= 15 is 0 Å². The minimum Gasteiger partial charge on any atom is -0.388 e. The van der Waals surface area contributed by atoms with E-state index in [1.54, 1.807) is 0 Å². The van der Waals surface area contributed by atoms with Gasteiger partial charge in [-0.1, -0.05) is 35.5 Å². The molecule has 0 aliphatic carbocycles. The minimum absolute atomic E-state index is 0.159. The van der Waals surface area contributed by atoms with Gasteiger partial charge in [0.1, 0.15) is 22.8 Å². The molecular formula is C19H17FN2O3. The molecule has 0 aliphatic heterocycles. The fraction of sp³-hybridized carbons (Fsp3) is 0.158. The van der Waals surface area contributed by atoms with Crippen LogP contribution >= 0.6 is 0 Å². The third-order valence-electron chi connectivity index (χ3n) is 3.96. The summed E-state index contributed by atoms with van der Waals surface area (Å²) in [6.45, 7) is 0. The lowest BCUT2D eigenvalue weighted by atomic mass is 10.00. The summed E-state index contributed by atoms with van der Waals surface area (Å²) in [6.07, 6.45) is -0.0495. The van der Waals surface area contributed by atoms with Crippen LogP contribution in [0.25, 0.3) is 11.3 Å². The van der Waals surface area contributed by atoms with Gasteiger partial charge >= 0.3 is 0 Å². The van der Waals surface area contributed by atoms with Gasteiger partial charge in [-0.05, 0) is 36.2 Å². The van der Waals surface area contributed by atoms with Crippen molar-refractivity contribution in [3.8, 4) is 11.3 Å². The summed E-state index contributed by atoms with van der Waals surface area (Å²) in [4.78, 5) is 11.8. The normalized spacial score (nSPS) is 12.1. The number of benzene rings is 2. The Balaban J connectivity index is 1.82. The van der Waals surface area contributed by atoms with Crippen LogP contribution in [0.5, 0.6) is 0 Å². The van der Waals surface area contributed by atoms with Crippen molar-refractivity contribution >= 4 is 5.91 Å². The van der Waals surface area contributed by atoms with E-state index in [2.05, 4.69) is 5.16 Å². The zero-order valence-electron chi connectivity index (χ0n) is 13.4. The number of halogens is 1. The van der Waals surface area contributed by atoms with Gasteiger partial charge in [0.2, 0.25) is 0 Å². The molecule has 6 heteroatoms. The molecule has 1 heterocycles. The second-order valence-corrected chi connectivity index (χ2v) is 5.67. The Morgan fingerprint density at radius 2 is 1.84 bits per heavy atom. The van der Waals surface area contributed by atoms with Crippen molar-refractivity contribution in [2.75, 3.05) is 0 Å². The fourth-order valence-corrected chi connectivity index (χ4v) is 2.66. The molecule has 3 aromatic rings.